The van der Waals surface area contributed by atoms with Crippen LogP contribution in [-0.4, -0.2) is 31.1 Å². The van der Waals surface area contributed by atoms with Gasteiger partial charge in [-0.1, -0.05) is 0 Å². The zero-order valence-electron chi connectivity index (χ0n) is 9.13. The number of aromatic nitrogens is 2. The maximum Gasteiger partial charge on any atom is 0.264 e. The molecule has 2 aromatic rings. The zero-order chi connectivity index (χ0) is 12.5. The van der Waals surface area contributed by atoms with Crippen LogP contribution in [0.4, 0.5) is 4.39 Å². The molecule has 7 heteroatoms. The lowest BCUT2D eigenvalue weighted by atomic mass is 10.2. The van der Waals surface area contributed by atoms with Crippen molar-refractivity contribution in [3.8, 4) is 0 Å². The van der Waals surface area contributed by atoms with Gasteiger partial charge >= 0.3 is 0 Å². The molecule has 0 spiro atoms. The largest absolute Gasteiger partial charge is 0.268 e. The van der Waals surface area contributed by atoms with Gasteiger partial charge < -0.3 is 0 Å². The molecule has 0 unspecified atom stereocenters. The molecule has 0 saturated heterocycles. The second-order valence-corrected chi connectivity index (χ2v) is 5.24. The number of nitrogens with zero attached hydrogens (tertiary/aromatic N) is 2. The van der Waals surface area contributed by atoms with Gasteiger partial charge in [0.1, 0.15) is 5.82 Å². The summed E-state index contributed by atoms with van der Waals surface area (Å²) in [7, 11) is -3.44. The summed E-state index contributed by atoms with van der Waals surface area (Å²) in [6.07, 6.45) is 2.52. The molecule has 5 nitrogen and oxygen atoms in total. The highest BCUT2D eigenvalue weighted by Gasteiger charge is 2.05. The minimum atomic E-state index is -3.44. The summed E-state index contributed by atoms with van der Waals surface area (Å²) in [5.74, 6) is -0.329. The minimum absolute atomic E-state index is 0.00693. The predicted molar refractivity (Wildman–Crippen MR) is 60.5 cm³/mol. The van der Waals surface area contributed by atoms with Crippen LogP contribution in [0.1, 0.15) is 0 Å². The molecule has 17 heavy (non-hydrogen) atoms. The molecular formula is C10H11FN2O3S. The topological polar surface area (TPSA) is 61.2 Å². The molecule has 2 rings (SSSR count). The van der Waals surface area contributed by atoms with Crippen LogP contribution in [0.3, 0.4) is 0 Å². The van der Waals surface area contributed by atoms with Crippen molar-refractivity contribution in [2.45, 2.75) is 6.54 Å². The van der Waals surface area contributed by atoms with Crippen molar-refractivity contribution in [3.63, 3.8) is 0 Å². The van der Waals surface area contributed by atoms with Crippen molar-refractivity contribution in [1.82, 2.24) is 9.78 Å². The van der Waals surface area contributed by atoms with Gasteiger partial charge in [0, 0.05) is 5.39 Å². The molecule has 0 saturated carbocycles. The van der Waals surface area contributed by atoms with Crippen LogP contribution in [0.5, 0.6) is 0 Å². The second-order valence-electron chi connectivity index (χ2n) is 3.60. The minimum Gasteiger partial charge on any atom is -0.268 e. The van der Waals surface area contributed by atoms with Crippen LogP contribution in [0.2, 0.25) is 0 Å². The highest BCUT2D eigenvalue weighted by Crippen LogP contribution is 2.14. The molecule has 0 radical (unpaired) electrons. The van der Waals surface area contributed by atoms with Gasteiger partial charge in [0.2, 0.25) is 0 Å². The Morgan fingerprint density at radius 2 is 2.24 bits per heavy atom. The lowest BCUT2D eigenvalue weighted by Crippen LogP contribution is -2.11. The van der Waals surface area contributed by atoms with E-state index in [1.165, 1.54) is 18.3 Å². The lowest BCUT2D eigenvalue weighted by molar-refractivity contribution is 0.299. The third-order valence-corrected chi connectivity index (χ3v) is 2.80. The molecule has 0 atom stereocenters. The Kier molecular flexibility index (Phi) is 3.12. The summed E-state index contributed by atoms with van der Waals surface area (Å²) in [4.78, 5) is 0. The summed E-state index contributed by atoms with van der Waals surface area (Å²) in [6, 6.07) is 4.30. The molecule has 1 aromatic carbocycles. The molecule has 0 N–H and O–H groups in total. The normalized spacial score (nSPS) is 12.1. The quantitative estimate of drug-likeness (QED) is 0.772. The Labute approximate surface area is 97.9 Å². The first kappa shape index (κ1) is 12.0. The fourth-order valence-electron chi connectivity index (χ4n) is 1.51. The van der Waals surface area contributed by atoms with Crippen molar-refractivity contribution < 1.29 is 17.0 Å². The fourth-order valence-corrected chi connectivity index (χ4v) is 1.89. The van der Waals surface area contributed by atoms with Gasteiger partial charge in [0.15, 0.2) is 0 Å². The van der Waals surface area contributed by atoms with E-state index in [0.717, 1.165) is 11.8 Å². The van der Waals surface area contributed by atoms with Crippen LogP contribution >= 0.6 is 0 Å². The third-order valence-electron chi connectivity index (χ3n) is 2.20. The molecule has 92 valence electrons. The SMILES string of the molecule is CS(=O)(=O)OCCn1ncc2cc(F)ccc21. The number of hydrogen-bond acceptors (Lipinski definition) is 4. The van der Waals surface area contributed by atoms with E-state index in [0.29, 0.717) is 11.9 Å². The first-order valence-corrected chi connectivity index (χ1v) is 6.73. The van der Waals surface area contributed by atoms with Crippen LogP contribution in [0.25, 0.3) is 10.9 Å². The zero-order valence-corrected chi connectivity index (χ0v) is 9.95. The third kappa shape index (κ3) is 3.01. The van der Waals surface area contributed by atoms with E-state index in [9.17, 15) is 12.8 Å². The summed E-state index contributed by atoms with van der Waals surface area (Å²) >= 11 is 0. The van der Waals surface area contributed by atoms with Crippen LogP contribution < -0.4 is 0 Å². The van der Waals surface area contributed by atoms with Crippen molar-refractivity contribution in [1.29, 1.82) is 0 Å². The molecule has 0 fully saturated rings. The van der Waals surface area contributed by atoms with Crippen molar-refractivity contribution in [3.05, 3.63) is 30.2 Å². The van der Waals surface area contributed by atoms with E-state index in [4.69, 9.17) is 0 Å². The van der Waals surface area contributed by atoms with Gasteiger partial charge in [-0.15, -0.1) is 0 Å². The smallest absolute Gasteiger partial charge is 0.264 e. The first-order chi connectivity index (χ1) is 7.96. The first-order valence-electron chi connectivity index (χ1n) is 4.91. The Morgan fingerprint density at radius 1 is 1.47 bits per heavy atom. The maximum absolute atomic E-state index is 12.9. The molecule has 1 heterocycles. The standard InChI is InChI=1S/C10H11FN2O3S/c1-17(14,15)16-5-4-13-10-3-2-9(11)6-8(10)7-12-13/h2-3,6-7H,4-5H2,1H3. The summed E-state index contributed by atoms with van der Waals surface area (Å²) in [5, 5.41) is 4.70. The maximum atomic E-state index is 12.9. The highest BCUT2D eigenvalue weighted by molar-refractivity contribution is 7.85. The van der Waals surface area contributed by atoms with E-state index in [2.05, 4.69) is 9.28 Å². The number of rotatable bonds is 4. The molecule has 0 aliphatic rings. The monoisotopic (exact) mass is 258 g/mol. The van der Waals surface area contributed by atoms with Gasteiger partial charge in [-0.2, -0.15) is 13.5 Å². The Bertz CT molecular complexity index is 636. The van der Waals surface area contributed by atoms with Gasteiger partial charge in [-0.05, 0) is 18.2 Å². The Balaban J connectivity index is 2.14. The fraction of sp³-hybridized carbons (Fsp3) is 0.300. The second kappa shape index (κ2) is 4.42. The number of hydrogen-bond donors (Lipinski definition) is 0. The molecule has 0 amide bonds. The molecule has 0 aliphatic heterocycles. The van der Waals surface area contributed by atoms with E-state index in [1.807, 2.05) is 0 Å². The van der Waals surface area contributed by atoms with Gasteiger partial charge in [0.05, 0.1) is 31.1 Å². The highest BCUT2D eigenvalue weighted by atomic mass is 32.2. The summed E-state index contributed by atoms with van der Waals surface area (Å²) in [5.41, 5.74) is 0.739. The molecular weight excluding hydrogens is 247 g/mol. The average molecular weight is 258 g/mol. The van der Waals surface area contributed by atoms with Gasteiger partial charge in [-0.25, -0.2) is 4.39 Å². The number of halogens is 1. The average Bonchev–Trinajstić information content (AvgIpc) is 2.59. The van der Waals surface area contributed by atoms with Crippen molar-refractivity contribution >= 4 is 21.0 Å². The van der Waals surface area contributed by atoms with E-state index in [1.54, 1.807) is 10.7 Å². The van der Waals surface area contributed by atoms with Crippen molar-refractivity contribution in [2.24, 2.45) is 0 Å². The lowest BCUT2D eigenvalue weighted by Gasteiger charge is -2.03. The van der Waals surface area contributed by atoms with E-state index < -0.39 is 10.1 Å². The van der Waals surface area contributed by atoms with Crippen LogP contribution in [0, 0.1) is 5.82 Å². The Hall–Kier alpha value is -1.47. The van der Waals surface area contributed by atoms with Crippen LogP contribution in [0.15, 0.2) is 24.4 Å². The molecule has 0 aliphatic carbocycles. The molecule has 0 bridgehead atoms. The number of fused-ring (bicyclic) bond motifs is 1. The van der Waals surface area contributed by atoms with Crippen LogP contribution in [-0.2, 0) is 20.8 Å². The summed E-state index contributed by atoms with van der Waals surface area (Å²) in [6.45, 7) is 0.301. The van der Waals surface area contributed by atoms with E-state index >= 15 is 0 Å². The van der Waals surface area contributed by atoms with Crippen molar-refractivity contribution in [2.75, 3.05) is 12.9 Å². The number of benzene rings is 1. The molecule has 1 aromatic heterocycles. The van der Waals surface area contributed by atoms with Gasteiger partial charge in [0.25, 0.3) is 10.1 Å². The predicted octanol–water partition coefficient (Wildman–Crippen LogP) is 1.15. The Morgan fingerprint density at radius 3 is 2.94 bits per heavy atom. The van der Waals surface area contributed by atoms with Gasteiger partial charge in [-0.3, -0.25) is 8.86 Å². The summed E-state index contributed by atoms with van der Waals surface area (Å²) < 4.78 is 40.6. The van der Waals surface area contributed by atoms with E-state index in [-0.39, 0.29) is 12.4 Å².